The minimum absolute atomic E-state index is 0.915. The molecule has 0 bridgehead atoms. The van der Waals surface area contributed by atoms with Crippen LogP contribution < -0.4 is 0 Å². The van der Waals surface area contributed by atoms with Gasteiger partial charge in [0, 0.05) is 0 Å². The van der Waals surface area contributed by atoms with Gasteiger partial charge in [-0.3, -0.25) is 0 Å². The maximum absolute atomic E-state index is 4.09. The molecule has 1 aliphatic rings. The van der Waals surface area contributed by atoms with E-state index in [4.69, 9.17) is 0 Å². The maximum Gasteiger partial charge on any atom is 0.148 e. The summed E-state index contributed by atoms with van der Waals surface area (Å²) in [5, 5.41) is 0. The minimum Gasteiger partial charge on any atom is -0.100 e. The Kier molecular flexibility index (Phi) is 4.62. The van der Waals surface area contributed by atoms with Gasteiger partial charge in [0.1, 0.15) is 6.71 Å². The average Bonchev–Trinajstić information content (AvgIpc) is 2.83. The summed E-state index contributed by atoms with van der Waals surface area (Å²) >= 11 is 0. The second kappa shape index (κ2) is 5.52. The molecule has 0 nitrogen and oxygen atoms in total. The second-order valence-corrected chi connectivity index (χ2v) is 4.51. The first kappa shape index (κ1) is 10.9. The first-order chi connectivity index (χ1) is 6.29. The molecule has 1 unspecified atom stereocenters. The molecule has 0 saturated heterocycles. The number of allylic oxidation sites excluding steroid dienone is 1. The van der Waals surface area contributed by atoms with E-state index >= 15 is 0 Å². The highest BCUT2D eigenvalue weighted by Crippen LogP contribution is 2.47. The Hall–Kier alpha value is -0.195. The lowest BCUT2D eigenvalue weighted by atomic mass is 9.40. The van der Waals surface area contributed by atoms with E-state index in [1.54, 1.807) is 0 Å². The van der Waals surface area contributed by atoms with Crippen LogP contribution in [0.4, 0.5) is 0 Å². The standard InChI is InChI=1S/C12H23B/c1-4-6-8-13(9-7-5-2)12-10-11(12)3/h12H,3-10H2,1-2H3. The highest BCUT2D eigenvalue weighted by molar-refractivity contribution is 6.62. The summed E-state index contributed by atoms with van der Waals surface area (Å²) in [5.41, 5.74) is 1.53. The second-order valence-electron chi connectivity index (χ2n) is 4.51. The van der Waals surface area contributed by atoms with E-state index in [2.05, 4.69) is 20.4 Å². The summed E-state index contributed by atoms with van der Waals surface area (Å²) in [6.45, 7) is 9.64. The largest absolute Gasteiger partial charge is 0.148 e. The zero-order chi connectivity index (χ0) is 9.68. The summed E-state index contributed by atoms with van der Waals surface area (Å²) in [4.78, 5) is 0. The molecule has 1 rings (SSSR count). The van der Waals surface area contributed by atoms with Crippen molar-refractivity contribution in [1.29, 1.82) is 0 Å². The molecule has 0 aromatic rings. The zero-order valence-electron chi connectivity index (χ0n) is 9.31. The fourth-order valence-electron chi connectivity index (χ4n) is 2.20. The van der Waals surface area contributed by atoms with E-state index < -0.39 is 0 Å². The summed E-state index contributed by atoms with van der Waals surface area (Å²) in [5.74, 6) is 0.915. The van der Waals surface area contributed by atoms with Crippen LogP contribution in [-0.2, 0) is 0 Å². The van der Waals surface area contributed by atoms with Gasteiger partial charge >= 0.3 is 0 Å². The van der Waals surface area contributed by atoms with Crippen molar-refractivity contribution in [1.82, 2.24) is 0 Å². The smallest absolute Gasteiger partial charge is 0.100 e. The molecule has 1 heteroatoms. The van der Waals surface area contributed by atoms with Crippen molar-refractivity contribution in [2.45, 2.75) is 64.4 Å². The van der Waals surface area contributed by atoms with Crippen molar-refractivity contribution in [2.24, 2.45) is 0 Å². The fourth-order valence-corrected chi connectivity index (χ4v) is 2.20. The van der Waals surface area contributed by atoms with Crippen molar-refractivity contribution >= 4 is 6.71 Å². The predicted molar refractivity (Wildman–Crippen MR) is 62.7 cm³/mol. The van der Waals surface area contributed by atoms with Gasteiger partial charge in [-0.2, -0.15) is 0 Å². The third kappa shape index (κ3) is 3.58. The van der Waals surface area contributed by atoms with Gasteiger partial charge in [0.25, 0.3) is 0 Å². The first-order valence-corrected chi connectivity index (χ1v) is 5.97. The van der Waals surface area contributed by atoms with Gasteiger partial charge in [0.2, 0.25) is 0 Å². The van der Waals surface area contributed by atoms with Crippen molar-refractivity contribution in [2.75, 3.05) is 0 Å². The van der Waals surface area contributed by atoms with Crippen molar-refractivity contribution < 1.29 is 0 Å². The highest BCUT2D eigenvalue weighted by Gasteiger charge is 2.36. The lowest BCUT2D eigenvalue weighted by Crippen LogP contribution is -2.12. The molecule has 0 heterocycles. The van der Waals surface area contributed by atoms with E-state index in [-0.39, 0.29) is 0 Å². The molecule has 0 radical (unpaired) electrons. The van der Waals surface area contributed by atoms with Crippen LogP contribution in [0.1, 0.15) is 46.0 Å². The zero-order valence-corrected chi connectivity index (χ0v) is 9.31. The van der Waals surface area contributed by atoms with Crippen LogP contribution in [0.15, 0.2) is 12.2 Å². The molecule has 0 spiro atoms. The van der Waals surface area contributed by atoms with Crippen molar-refractivity contribution in [3.05, 3.63) is 12.2 Å². The number of unbranched alkanes of at least 4 members (excludes halogenated alkanes) is 2. The Morgan fingerprint density at radius 3 is 2.00 bits per heavy atom. The molecule has 0 aliphatic heterocycles. The molecular formula is C12H23B. The minimum atomic E-state index is 0.915. The Morgan fingerprint density at radius 1 is 1.23 bits per heavy atom. The fraction of sp³-hybridized carbons (Fsp3) is 0.833. The number of hydrogen-bond donors (Lipinski definition) is 0. The van der Waals surface area contributed by atoms with Crippen LogP contribution in [0.2, 0.25) is 18.5 Å². The Labute approximate surface area is 83.9 Å². The van der Waals surface area contributed by atoms with Gasteiger partial charge in [-0.05, 0) is 12.2 Å². The first-order valence-electron chi connectivity index (χ1n) is 5.97. The van der Waals surface area contributed by atoms with E-state index in [0.29, 0.717) is 0 Å². The predicted octanol–water partition coefficient (Wildman–Crippen LogP) is 4.41. The molecule has 74 valence electrons. The molecule has 0 N–H and O–H groups in total. The lowest BCUT2D eigenvalue weighted by Gasteiger charge is -2.10. The maximum atomic E-state index is 4.09. The Morgan fingerprint density at radius 2 is 1.69 bits per heavy atom. The third-order valence-electron chi connectivity index (χ3n) is 3.27. The Bertz CT molecular complexity index is 155. The summed E-state index contributed by atoms with van der Waals surface area (Å²) in [6, 6.07) is 0. The highest BCUT2D eigenvalue weighted by atomic mass is 14.3. The summed E-state index contributed by atoms with van der Waals surface area (Å²) in [6.07, 6.45) is 9.75. The van der Waals surface area contributed by atoms with Gasteiger partial charge in [-0.25, -0.2) is 0 Å². The SMILES string of the molecule is C=C1CC1B(CCCC)CCCC. The van der Waals surface area contributed by atoms with Gasteiger partial charge in [-0.1, -0.05) is 57.7 Å². The summed E-state index contributed by atoms with van der Waals surface area (Å²) < 4.78 is 0. The van der Waals surface area contributed by atoms with Gasteiger partial charge < -0.3 is 0 Å². The molecular weight excluding hydrogens is 155 g/mol. The monoisotopic (exact) mass is 178 g/mol. The van der Waals surface area contributed by atoms with Crippen LogP contribution in [-0.4, -0.2) is 6.71 Å². The molecule has 1 fully saturated rings. The average molecular weight is 178 g/mol. The molecule has 0 aromatic carbocycles. The van der Waals surface area contributed by atoms with Crippen LogP contribution in [0, 0.1) is 0 Å². The lowest BCUT2D eigenvalue weighted by molar-refractivity contribution is 0.836. The quantitative estimate of drug-likeness (QED) is 0.400. The molecule has 0 amide bonds. The Balaban J connectivity index is 2.22. The van der Waals surface area contributed by atoms with E-state index in [1.807, 2.05) is 0 Å². The van der Waals surface area contributed by atoms with Gasteiger partial charge in [0.15, 0.2) is 0 Å². The molecule has 1 aliphatic carbocycles. The van der Waals surface area contributed by atoms with Crippen LogP contribution in [0.5, 0.6) is 0 Å². The molecule has 13 heavy (non-hydrogen) atoms. The van der Waals surface area contributed by atoms with Gasteiger partial charge in [-0.15, -0.1) is 6.58 Å². The van der Waals surface area contributed by atoms with E-state index in [0.717, 1.165) is 12.5 Å². The van der Waals surface area contributed by atoms with Crippen LogP contribution >= 0.6 is 0 Å². The van der Waals surface area contributed by atoms with Crippen LogP contribution in [0.25, 0.3) is 0 Å². The number of hydrogen-bond acceptors (Lipinski definition) is 0. The van der Waals surface area contributed by atoms with Gasteiger partial charge in [0.05, 0.1) is 0 Å². The van der Waals surface area contributed by atoms with E-state index in [9.17, 15) is 0 Å². The van der Waals surface area contributed by atoms with Crippen LogP contribution in [0.3, 0.4) is 0 Å². The molecule has 1 saturated carbocycles. The topological polar surface area (TPSA) is 0 Å². The molecule has 0 aromatic heterocycles. The molecule has 1 atom stereocenters. The normalized spacial score (nSPS) is 20.5. The van der Waals surface area contributed by atoms with Crippen molar-refractivity contribution in [3.8, 4) is 0 Å². The number of rotatable bonds is 7. The van der Waals surface area contributed by atoms with E-state index in [1.165, 1.54) is 50.3 Å². The van der Waals surface area contributed by atoms with Crippen molar-refractivity contribution in [3.63, 3.8) is 0 Å². The third-order valence-corrected chi connectivity index (χ3v) is 3.27. The summed E-state index contributed by atoms with van der Waals surface area (Å²) in [7, 11) is 0.